The fraction of sp³-hybridized carbons (Fsp3) is 0.182. The van der Waals surface area contributed by atoms with Gasteiger partial charge in [0.15, 0.2) is 5.76 Å². The van der Waals surface area contributed by atoms with Crippen molar-refractivity contribution in [2.45, 2.75) is 6.92 Å². The second kappa shape index (κ2) is 3.54. The topological polar surface area (TPSA) is 35.3 Å². The molecule has 0 aromatic carbocycles. The molecule has 0 unspecified atom stereocenters. The zero-order valence-electron chi connectivity index (χ0n) is 8.15. The van der Waals surface area contributed by atoms with E-state index in [1.165, 1.54) is 0 Å². The molecule has 0 spiro atoms. The fourth-order valence-electron chi connectivity index (χ4n) is 1.30. The zero-order valence-corrected chi connectivity index (χ0v) is 8.15. The molecular weight excluding hydrogens is 178 g/mol. The molecule has 0 aliphatic carbocycles. The lowest BCUT2D eigenvalue weighted by Crippen LogP contribution is -1.88. The molecule has 0 aliphatic rings. The van der Waals surface area contributed by atoms with Crippen LogP contribution in [0.1, 0.15) is 5.76 Å². The van der Waals surface area contributed by atoms with Gasteiger partial charge in [0, 0.05) is 6.20 Å². The molecule has 3 nitrogen and oxygen atoms in total. The van der Waals surface area contributed by atoms with Gasteiger partial charge >= 0.3 is 0 Å². The van der Waals surface area contributed by atoms with Crippen molar-refractivity contribution >= 4 is 0 Å². The number of hydrogen-bond acceptors (Lipinski definition) is 3. The summed E-state index contributed by atoms with van der Waals surface area (Å²) in [5.41, 5.74) is 0.739. The van der Waals surface area contributed by atoms with E-state index in [0.717, 1.165) is 23.0 Å². The maximum Gasteiger partial charge on any atom is 0.156 e. The highest BCUT2D eigenvalue weighted by molar-refractivity contribution is 5.60. The van der Waals surface area contributed by atoms with Crippen LogP contribution in [0.3, 0.4) is 0 Å². The average molecular weight is 189 g/mol. The van der Waals surface area contributed by atoms with E-state index in [9.17, 15) is 0 Å². The van der Waals surface area contributed by atoms with Gasteiger partial charge in [-0.25, -0.2) is 4.98 Å². The molecular formula is C11H11NO2. The first-order valence-corrected chi connectivity index (χ1v) is 4.37. The largest absolute Gasteiger partial charge is 0.494 e. The van der Waals surface area contributed by atoms with E-state index in [-0.39, 0.29) is 0 Å². The fourth-order valence-corrected chi connectivity index (χ4v) is 1.30. The summed E-state index contributed by atoms with van der Waals surface area (Å²) in [6.07, 6.45) is 1.72. The van der Waals surface area contributed by atoms with Crippen LogP contribution in [0, 0.1) is 6.92 Å². The number of aromatic nitrogens is 1. The van der Waals surface area contributed by atoms with Gasteiger partial charge in [-0.15, -0.1) is 0 Å². The van der Waals surface area contributed by atoms with Crippen molar-refractivity contribution in [3.63, 3.8) is 0 Å². The van der Waals surface area contributed by atoms with Gasteiger partial charge in [-0.3, -0.25) is 0 Å². The Morgan fingerprint density at radius 3 is 2.79 bits per heavy atom. The third kappa shape index (κ3) is 1.48. The summed E-state index contributed by atoms with van der Waals surface area (Å²) in [4.78, 5) is 4.21. The first-order chi connectivity index (χ1) is 6.81. The van der Waals surface area contributed by atoms with Gasteiger partial charge in [-0.2, -0.15) is 0 Å². The molecule has 72 valence electrons. The van der Waals surface area contributed by atoms with Gasteiger partial charge < -0.3 is 9.15 Å². The van der Waals surface area contributed by atoms with Crippen LogP contribution in [-0.4, -0.2) is 12.1 Å². The quantitative estimate of drug-likeness (QED) is 0.728. The number of ether oxygens (including phenoxy) is 1. The normalized spacial score (nSPS) is 10.1. The number of pyridine rings is 1. The number of rotatable bonds is 2. The van der Waals surface area contributed by atoms with Gasteiger partial charge in [0.1, 0.15) is 17.2 Å². The summed E-state index contributed by atoms with van der Waals surface area (Å²) < 4.78 is 10.7. The Morgan fingerprint density at radius 2 is 2.14 bits per heavy atom. The molecule has 0 saturated carbocycles. The van der Waals surface area contributed by atoms with E-state index in [4.69, 9.17) is 9.15 Å². The van der Waals surface area contributed by atoms with Crippen molar-refractivity contribution in [3.05, 3.63) is 36.2 Å². The maximum atomic E-state index is 5.47. The summed E-state index contributed by atoms with van der Waals surface area (Å²) in [5.74, 6) is 2.33. The van der Waals surface area contributed by atoms with Gasteiger partial charge in [-0.1, -0.05) is 0 Å². The minimum atomic E-state index is 0.724. The molecule has 3 heteroatoms. The lowest BCUT2D eigenvalue weighted by atomic mass is 10.2. The van der Waals surface area contributed by atoms with Crippen molar-refractivity contribution in [2.75, 3.05) is 7.11 Å². The van der Waals surface area contributed by atoms with E-state index >= 15 is 0 Å². The third-order valence-electron chi connectivity index (χ3n) is 1.96. The van der Waals surface area contributed by atoms with Crippen LogP contribution in [0.2, 0.25) is 0 Å². The molecule has 2 aromatic heterocycles. The average Bonchev–Trinajstić information content (AvgIpc) is 2.65. The van der Waals surface area contributed by atoms with Crippen molar-refractivity contribution in [1.29, 1.82) is 0 Å². The maximum absolute atomic E-state index is 5.47. The van der Waals surface area contributed by atoms with E-state index in [2.05, 4.69) is 4.98 Å². The van der Waals surface area contributed by atoms with E-state index in [0.29, 0.717) is 0 Å². The molecule has 0 atom stereocenters. The highest BCUT2D eigenvalue weighted by Gasteiger charge is 2.09. The number of methoxy groups -OCH3 is 1. The minimum absolute atomic E-state index is 0.724. The summed E-state index contributed by atoms with van der Waals surface area (Å²) in [6, 6.07) is 7.49. The Hall–Kier alpha value is -1.77. The number of hydrogen-bond donors (Lipinski definition) is 0. The first-order valence-electron chi connectivity index (χ1n) is 4.37. The lowest BCUT2D eigenvalue weighted by molar-refractivity contribution is 0.412. The van der Waals surface area contributed by atoms with Crippen molar-refractivity contribution < 1.29 is 9.15 Å². The molecule has 0 N–H and O–H groups in total. The number of nitrogens with zero attached hydrogens (tertiary/aromatic N) is 1. The van der Waals surface area contributed by atoms with Gasteiger partial charge in [0.05, 0.1) is 7.11 Å². The number of furan rings is 1. The van der Waals surface area contributed by atoms with E-state index in [1.807, 2.05) is 31.2 Å². The zero-order chi connectivity index (χ0) is 9.97. The van der Waals surface area contributed by atoms with Crippen molar-refractivity contribution in [2.24, 2.45) is 0 Å². The standard InChI is InChI=1S/C11H11NO2/c1-8-5-6-10(14-8)11-9(13-2)4-3-7-12-11/h3-7H,1-2H3. The second-order valence-corrected chi connectivity index (χ2v) is 2.96. The molecule has 2 aromatic rings. The second-order valence-electron chi connectivity index (χ2n) is 2.96. The van der Waals surface area contributed by atoms with Gasteiger partial charge in [-0.05, 0) is 31.2 Å². The molecule has 2 rings (SSSR count). The SMILES string of the molecule is COc1cccnc1-c1ccc(C)o1. The highest BCUT2D eigenvalue weighted by atomic mass is 16.5. The molecule has 0 radical (unpaired) electrons. The van der Waals surface area contributed by atoms with Crippen LogP contribution in [0.4, 0.5) is 0 Å². The monoisotopic (exact) mass is 189 g/mol. The van der Waals surface area contributed by atoms with Crippen LogP contribution in [0.25, 0.3) is 11.5 Å². The Balaban J connectivity index is 2.50. The molecule has 0 amide bonds. The summed E-state index contributed by atoms with van der Waals surface area (Å²) in [6.45, 7) is 1.90. The third-order valence-corrected chi connectivity index (χ3v) is 1.96. The molecule has 0 fully saturated rings. The molecule has 0 saturated heterocycles. The lowest BCUT2D eigenvalue weighted by Gasteiger charge is -2.03. The van der Waals surface area contributed by atoms with E-state index < -0.39 is 0 Å². The first kappa shape index (κ1) is 8.81. The summed E-state index contributed by atoms with van der Waals surface area (Å²) >= 11 is 0. The van der Waals surface area contributed by atoms with Crippen LogP contribution < -0.4 is 4.74 Å². The minimum Gasteiger partial charge on any atom is -0.494 e. The highest BCUT2D eigenvalue weighted by Crippen LogP contribution is 2.28. The smallest absolute Gasteiger partial charge is 0.156 e. The Morgan fingerprint density at radius 1 is 1.29 bits per heavy atom. The predicted octanol–water partition coefficient (Wildman–Crippen LogP) is 2.66. The summed E-state index contributed by atoms with van der Waals surface area (Å²) in [5, 5.41) is 0. The molecule has 2 heterocycles. The number of aryl methyl sites for hydroxylation is 1. The predicted molar refractivity (Wildman–Crippen MR) is 53.2 cm³/mol. The van der Waals surface area contributed by atoms with E-state index in [1.54, 1.807) is 13.3 Å². The van der Waals surface area contributed by atoms with Crippen molar-refractivity contribution in [3.8, 4) is 17.2 Å². The molecule has 14 heavy (non-hydrogen) atoms. The molecule has 0 aliphatic heterocycles. The Labute approximate surface area is 82.3 Å². The van der Waals surface area contributed by atoms with Crippen LogP contribution in [0.5, 0.6) is 5.75 Å². The van der Waals surface area contributed by atoms with Gasteiger partial charge in [0.2, 0.25) is 0 Å². The van der Waals surface area contributed by atoms with Crippen LogP contribution in [0.15, 0.2) is 34.9 Å². The van der Waals surface area contributed by atoms with Gasteiger partial charge in [0.25, 0.3) is 0 Å². The van der Waals surface area contributed by atoms with Crippen LogP contribution >= 0.6 is 0 Å². The Kier molecular flexibility index (Phi) is 2.23. The summed E-state index contributed by atoms with van der Waals surface area (Å²) in [7, 11) is 1.62. The molecule has 0 bridgehead atoms. The Bertz CT molecular complexity index is 434. The van der Waals surface area contributed by atoms with Crippen molar-refractivity contribution in [1.82, 2.24) is 4.98 Å². The van der Waals surface area contributed by atoms with Crippen LogP contribution in [-0.2, 0) is 0 Å².